The van der Waals surface area contributed by atoms with Crippen LogP contribution in [0.1, 0.15) is 17.0 Å². The van der Waals surface area contributed by atoms with Crippen LogP contribution in [0.2, 0.25) is 0 Å². The van der Waals surface area contributed by atoms with Gasteiger partial charge >= 0.3 is 0 Å². The summed E-state index contributed by atoms with van der Waals surface area (Å²) in [7, 11) is 0. The lowest BCUT2D eigenvalue weighted by molar-refractivity contribution is -0.385. The van der Waals surface area contributed by atoms with Gasteiger partial charge in [0.15, 0.2) is 0 Å². The number of nitro groups is 1. The summed E-state index contributed by atoms with van der Waals surface area (Å²) >= 11 is 0. The highest BCUT2D eigenvalue weighted by Crippen LogP contribution is 2.21. The number of hydrogen-bond donors (Lipinski definition) is 0. The zero-order chi connectivity index (χ0) is 12.4. The van der Waals surface area contributed by atoms with Gasteiger partial charge in [-0.05, 0) is 19.4 Å². The second-order valence-electron chi connectivity index (χ2n) is 3.92. The molecule has 0 fully saturated rings. The van der Waals surface area contributed by atoms with E-state index >= 15 is 0 Å². The van der Waals surface area contributed by atoms with Gasteiger partial charge in [0.05, 0.1) is 4.92 Å². The Morgan fingerprint density at radius 3 is 2.76 bits per heavy atom. The van der Waals surface area contributed by atoms with Crippen molar-refractivity contribution in [3.05, 3.63) is 57.7 Å². The average molecular weight is 231 g/mol. The van der Waals surface area contributed by atoms with E-state index in [1.54, 1.807) is 19.2 Å². The Kier molecular flexibility index (Phi) is 2.91. The Morgan fingerprint density at radius 2 is 2.18 bits per heavy atom. The predicted octanol–water partition coefficient (Wildman–Crippen LogP) is 2.46. The van der Waals surface area contributed by atoms with Crippen molar-refractivity contribution in [2.75, 3.05) is 0 Å². The first-order valence-corrected chi connectivity index (χ1v) is 5.30. The summed E-state index contributed by atoms with van der Waals surface area (Å²) < 4.78 is 1.96. The lowest BCUT2D eigenvalue weighted by Gasteiger charge is -2.08. The van der Waals surface area contributed by atoms with Gasteiger partial charge in [-0.25, -0.2) is 4.98 Å². The van der Waals surface area contributed by atoms with Gasteiger partial charge < -0.3 is 4.57 Å². The van der Waals surface area contributed by atoms with E-state index in [9.17, 15) is 10.1 Å². The Hall–Kier alpha value is -2.17. The van der Waals surface area contributed by atoms with Gasteiger partial charge in [0, 0.05) is 30.6 Å². The highest BCUT2D eigenvalue weighted by atomic mass is 16.6. The van der Waals surface area contributed by atoms with Crippen LogP contribution in [0.5, 0.6) is 0 Å². The van der Waals surface area contributed by atoms with Crippen molar-refractivity contribution < 1.29 is 4.92 Å². The molecule has 0 spiro atoms. The number of imidazole rings is 1. The van der Waals surface area contributed by atoms with Gasteiger partial charge in [-0.15, -0.1) is 0 Å². The molecule has 0 saturated carbocycles. The summed E-state index contributed by atoms with van der Waals surface area (Å²) in [6.45, 7) is 4.30. The van der Waals surface area contributed by atoms with Crippen LogP contribution < -0.4 is 0 Å². The Morgan fingerprint density at radius 1 is 1.41 bits per heavy atom. The summed E-state index contributed by atoms with van der Waals surface area (Å²) in [5.41, 5.74) is 1.83. The van der Waals surface area contributed by atoms with Gasteiger partial charge in [-0.1, -0.05) is 12.1 Å². The normalized spacial score (nSPS) is 10.5. The lowest BCUT2D eigenvalue weighted by Crippen LogP contribution is -2.04. The predicted molar refractivity (Wildman–Crippen MR) is 63.9 cm³/mol. The standard InChI is InChI=1S/C12H13N3O2/c1-9-11(4-3-5-12(9)15(16)17)8-14-7-6-13-10(14)2/h3-7H,8H2,1-2H3. The van der Waals surface area contributed by atoms with Crippen molar-refractivity contribution >= 4 is 5.69 Å². The van der Waals surface area contributed by atoms with E-state index in [4.69, 9.17) is 0 Å². The Bertz CT molecular complexity index is 561. The number of hydrogen-bond acceptors (Lipinski definition) is 3. The highest BCUT2D eigenvalue weighted by Gasteiger charge is 2.13. The molecule has 1 aromatic carbocycles. The fourth-order valence-corrected chi connectivity index (χ4v) is 1.79. The van der Waals surface area contributed by atoms with E-state index in [0.717, 1.165) is 11.4 Å². The summed E-state index contributed by atoms with van der Waals surface area (Å²) in [5.74, 6) is 0.899. The smallest absolute Gasteiger partial charge is 0.272 e. The van der Waals surface area contributed by atoms with E-state index in [1.807, 2.05) is 23.8 Å². The molecule has 0 unspecified atom stereocenters. The number of benzene rings is 1. The third kappa shape index (κ3) is 2.18. The molecule has 1 heterocycles. The Labute approximate surface area is 98.9 Å². The van der Waals surface area contributed by atoms with Gasteiger partial charge in [0.1, 0.15) is 5.82 Å². The minimum absolute atomic E-state index is 0.167. The van der Waals surface area contributed by atoms with Crippen LogP contribution in [0.15, 0.2) is 30.6 Å². The van der Waals surface area contributed by atoms with Gasteiger partial charge in [0.2, 0.25) is 0 Å². The molecule has 2 aromatic rings. The molecule has 5 nitrogen and oxygen atoms in total. The second kappa shape index (κ2) is 4.37. The topological polar surface area (TPSA) is 61.0 Å². The van der Waals surface area contributed by atoms with Crippen molar-refractivity contribution in [3.63, 3.8) is 0 Å². The van der Waals surface area contributed by atoms with Crippen molar-refractivity contribution in [2.24, 2.45) is 0 Å². The summed E-state index contributed by atoms with van der Waals surface area (Å²) in [4.78, 5) is 14.6. The highest BCUT2D eigenvalue weighted by molar-refractivity contribution is 5.44. The zero-order valence-corrected chi connectivity index (χ0v) is 9.75. The maximum absolute atomic E-state index is 10.8. The minimum atomic E-state index is -0.348. The van der Waals surface area contributed by atoms with Crippen molar-refractivity contribution in [1.82, 2.24) is 9.55 Å². The fourth-order valence-electron chi connectivity index (χ4n) is 1.79. The summed E-state index contributed by atoms with van der Waals surface area (Å²) in [6, 6.07) is 5.15. The third-order valence-corrected chi connectivity index (χ3v) is 2.88. The van der Waals surface area contributed by atoms with Crippen molar-refractivity contribution in [3.8, 4) is 0 Å². The van der Waals surface area contributed by atoms with Gasteiger partial charge in [0.25, 0.3) is 5.69 Å². The average Bonchev–Trinajstić information content (AvgIpc) is 2.67. The molecule has 0 saturated heterocycles. The van der Waals surface area contributed by atoms with Crippen LogP contribution in [0.25, 0.3) is 0 Å². The molecule has 5 heteroatoms. The molecule has 0 bridgehead atoms. The molecule has 17 heavy (non-hydrogen) atoms. The molecule has 0 aliphatic rings. The van der Waals surface area contributed by atoms with E-state index in [-0.39, 0.29) is 10.6 Å². The largest absolute Gasteiger partial charge is 0.331 e. The Balaban J connectivity index is 2.37. The number of rotatable bonds is 3. The SMILES string of the molecule is Cc1c(Cn2ccnc2C)cccc1[N+](=O)[O-]. The van der Waals surface area contributed by atoms with Crippen LogP contribution in [0, 0.1) is 24.0 Å². The molecule has 1 aromatic heterocycles. The molecule has 0 N–H and O–H groups in total. The van der Waals surface area contributed by atoms with E-state index < -0.39 is 0 Å². The van der Waals surface area contributed by atoms with Gasteiger partial charge in [-0.2, -0.15) is 0 Å². The quantitative estimate of drug-likeness (QED) is 0.602. The molecular formula is C12H13N3O2. The first-order valence-electron chi connectivity index (χ1n) is 5.30. The fraction of sp³-hybridized carbons (Fsp3) is 0.250. The maximum Gasteiger partial charge on any atom is 0.272 e. The van der Waals surface area contributed by atoms with Crippen LogP contribution in [0.4, 0.5) is 5.69 Å². The number of aryl methyl sites for hydroxylation is 1. The first-order chi connectivity index (χ1) is 8.09. The lowest BCUT2D eigenvalue weighted by atomic mass is 10.1. The molecular weight excluding hydrogens is 218 g/mol. The first kappa shape index (κ1) is 11.3. The van der Waals surface area contributed by atoms with E-state index in [0.29, 0.717) is 12.1 Å². The van der Waals surface area contributed by atoms with Crippen molar-refractivity contribution in [1.29, 1.82) is 0 Å². The van der Waals surface area contributed by atoms with E-state index in [1.165, 1.54) is 6.07 Å². The minimum Gasteiger partial charge on any atom is -0.331 e. The molecule has 0 aliphatic carbocycles. The molecule has 0 atom stereocenters. The second-order valence-corrected chi connectivity index (χ2v) is 3.92. The molecule has 0 radical (unpaired) electrons. The van der Waals surface area contributed by atoms with E-state index in [2.05, 4.69) is 4.98 Å². The molecule has 0 aliphatic heterocycles. The van der Waals surface area contributed by atoms with Crippen LogP contribution >= 0.6 is 0 Å². The summed E-state index contributed by atoms with van der Waals surface area (Å²) in [6.07, 6.45) is 3.59. The number of nitrogens with zero attached hydrogens (tertiary/aromatic N) is 3. The summed E-state index contributed by atoms with van der Waals surface area (Å²) in [5, 5.41) is 10.8. The number of nitro benzene ring substituents is 1. The molecule has 0 amide bonds. The van der Waals surface area contributed by atoms with Gasteiger partial charge in [-0.3, -0.25) is 10.1 Å². The van der Waals surface area contributed by atoms with Crippen LogP contribution in [0.3, 0.4) is 0 Å². The van der Waals surface area contributed by atoms with Crippen molar-refractivity contribution in [2.45, 2.75) is 20.4 Å². The zero-order valence-electron chi connectivity index (χ0n) is 9.75. The van der Waals surface area contributed by atoms with Crippen LogP contribution in [-0.4, -0.2) is 14.5 Å². The monoisotopic (exact) mass is 231 g/mol. The molecule has 2 rings (SSSR count). The third-order valence-electron chi connectivity index (χ3n) is 2.88. The maximum atomic E-state index is 10.8. The van der Waals surface area contributed by atoms with Crippen LogP contribution in [-0.2, 0) is 6.54 Å². The number of aromatic nitrogens is 2. The molecule has 88 valence electrons.